The molecule has 47 heavy (non-hydrogen) atoms. The van der Waals surface area contributed by atoms with E-state index in [1.807, 2.05) is 30.3 Å². The molecule has 0 N–H and O–H groups in total. The van der Waals surface area contributed by atoms with Crippen LogP contribution in [0.1, 0.15) is 64.1 Å². The van der Waals surface area contributed by atoms with E-state index in [2.05, 4.69) is 15.8 Å². The molecule has 0 atom stereocenters. The highest BCUT2D eigenvalue weighted by Gasteiger charge is 2.38. The van der Waals surface area contributed by atoms with Gasteiger partial charge in [0.2, 0.25) is 0 Å². The standard InChI is InChI=1S/C36H33F3N4O4/c37-36(38,39)47-27-11-9-25(10-12-27)23-46-28-13-14-31-29(21-28)30(33(44)42-17-5-2-6-18-42)22-32(41-31)34(45)43-19-15-35(24-40,16-20-43)26-7-3-1-4-8-26/h1,3-4,7-14,21-22H,2,5-6,15-20,23H2. The number of aromatic nitrogens is 1. The van der Waals surface area contributed by atoms with Gasteiger partial charge in [0, 0.05) is 31.6 Å². The molecule has 0 unspecified atom stereocenters. The topological polar surface area (TPSA) is 95.8 Å². The van der Waals surface area contributed by atoms with Gasteiger partial charge in [0.25, 0.3) is 11.8 Å². The Bertz CT molecular complexity index is 1790. The van der Waals surface area contributed by atoms with Crippen LogP contribution in [0, 0.1) is 11.3 Å². The largest absolute Gasteiger partial charge is 0.573 e. The summed E-state index contributed by atoms with van der Waals surface area (Å²) in [7, 11) is 0. The molecular formula is C36H33F3N4O4. The number of nitrogens with zero attached hydrogens (tertiary/aromatic N) is 4. The number of benzene rings is 3. The van der Waals surface area contributed by atoms with Crippen LogP contribution < -0.4 is 9.47 Å². The Kier molecular flexibility index (Phi) is 9.03. The number of piperidine rings is 2. The molecule has 1 aromatic heterocycles. The Morgan fingerprint density at radius 2 is 1.49 bits per heavy atom. The highest BCUT2D eigenvalue weighted by atomic mass is 19.4. The van der Waals surface area contributed by atoms with Gasteiger partial charge in [-0.1, -0.05) is 42.5 Å². The number of alkyl halides is 3. The molecule has 8 nitrogen and oxygen atoms in total. The minimum absolute atomic E-state index is 0.0688. The summed E-state index contributed by atoms with van der Waals surface area (Å²) < 4.78 is 47.4. The molecule has 3 aromatic carbocycles. The molecule has 0 saturated carbocycles. The van der Waals surface area contributed by atoms with Gasteiger partial charge in [-0.05, 0) is 79.6 Å². The predicted octanol–water partition coefficient (Wildman–Crippen LogP) is 7.04. The van der Waals surface area contributed by atoms with E-state index < -0.39 is 11.8 Å². The number of fused-ring (bicyclic) bond motifs is 1. The number of amides is 2. The fraction of sp³-hybridized carbons (Fsp3) is 0.333. The molecule has 0 bridgehead atoms. The van der Waals surface area contributed by atoms with Gasteiger partial charge < -0.3 is 19.3 Å². The van der Waals surface area contributed by atoms with Crippen molar-refractivity contribution in [3.63, 3.8) is 0 Å². The molecule has 3 heterocycles. The van der Waals surface area contributed by atoms with E-state index in [0.717, 1.165) is 24.8 Å². The van der Waals surface area contributed by atoms with Gasteiger partial charge in [0.1, 0.15) is 23.8 Å². The zero-order chi connectivity index (χ0) is 33.0. The van der Waals surface area contributed by atoms with Gasteiger partial charge in [-0.15, -0.1) is 13.2 Å². The number of ether oxygens (including phenoxy) is 2. The van der Waals surface area contributed by atoms with Crippen LogP contribution in [0.2, 0.25) is 0 Å². The number of halogens is 3. The smallest absolute Gasteiger partial charge is 0.489 e. The number of rotatable bonds is 7. The summed E-state index contributed by atoms with van der Waals surface area (Å²) in [6.45, 7) is 2.08. The summed E-state index contributed by atoms with van der Waals surface area (Å²) in [6.07, 6.45) is -0.941. The van der Waals surface area contributed by atoms with E-state index >= 15 is 0 Å². The van der Waals surface area contributed by atoms with Crippen molar-refractivity contribution in [3.8, 4) is 17.6 Å². The molecule has 242 valence electrons. The molecule has 2 saturated heterocycles. The van der Waals surface area contributed by atoms with Gasteiger partial charge in [-0.3, -0.25) is 9.59 Å². The third-order valence-electron chi connectivity index (χ3n) is 8.88. The summed E-state index contributed by atoms with van der Waals surface area (Å²) in [6, 6.07) is 24.2. The highest BCUT2D eigenvalue weighted by Crippen LogP contribution is 2.36. The van der Waals surface area contributed by atoms with Crippen molar-refractivity contribution in [1.29, 1.82) is 5.26 Å². The van der Waals surface area contributed by atoms with Gasteiger partial charge >= 0.3 is 6.36 Å². The first-order chi connectivity index (χ1) is 22.6. The van der Waals surface area contributed by atoms with Gasteiger partial charge in [-0.2, -0.15) is 5.26 Å². The van der Waals surface area contributed by atoms with Crippen molar-refractivity contribution < 1.29 is 32.2 Å². The molecule has 2 fully saturated rings. The molecule has 2 amide bonds. The normalized spacial score (nSPS) is 16.4. The first kappa shape index (κ1) is 31.9. The van der Waals surface area contributed by atoms with E-state index in [1.54, 1.807) is 34.1 Å². The van der Waals surface area contributed by atoms with E-state index in [9.17, 15) is 28.0 Å². The second-order valence-corrected chi connectivity index (χ2v) is 11.9. The molecule has 0 radical (unpaired) electrons. The van der Waals surface area contributed by atoms with Crippen molar-refractivity contribution in [2.24, 2.45) is 0 Å². The zero-order valence-electron chi connectivity index (χ0n) is 25.6. The quantitative estimate of drug-likeness (QED) is 0.215. The third kappa shape index (κ3) is 7.17. The summed E-state index contributed by atoms with van der Waals surface area (Å²) in [5.41, 5.74) is 1.88. The number of pyridine rings is 1. The van der Waals surface area contributed by atoms with Crippen LogP contribution in [0.15, 0.2) is 78.9 Å². The third-order valence-corrected chi connectivity index (χ3v) is 8.88. The van der Waals surface area contributed by atoms with Crippen LogP contribution in [0.5, 0.6) is 11.5 Å². The maximum absolute atomic E-state index is 13.9. The lowest BCUT2D eigenvalue weighted by molar-refractivity contribution is -0.274. The van der Waals surface area contributed by atoms with E-state index in [-0.39, 0.29) is 29.9 Å². The van der Waals surface area contributed by atoms with Crippen molar-refractivity contribution in [3.05, 3.63) is 101 Å². The molecule has 11 heteroatoms. The fourth-order valence-electron chi connectivity index (χ4n) is 6.28. The molecule has 0 aliphatic carbocycles. The van der Waals surface area contributed by atoms with E-state index in [1.165, 1.54) is 24.3 Å². The van der Waals surface area contributed by atoms with Crippen LogP contribution in [0.25, 0.3) is 10.9 Å². The molecule has 2 aliphatic heterocycles. The van der Waals surface area contributed by atoms with Crippen LogP contribution in [0.4, 0.5) is 13.2 Å². The van der Waals surface area contributed by atoms with Gasteiger partial charge in [0.05, 0.1) is 22.6 Å². The van der Waals surface area contributed by atoms with Gasteiger partial charge in [0.15, 0.2) is 0 Å². The lowest BCUT2D eigenvalue weighted by Crippen LogP contribution is -2.45. The Morgan fingerprint density at radius 1 is 0.830 bits per heavy atom. The number of carbonyl (C=O) groups excluding carboxylic acids is 2. The summed E-state index contributed by atoms with van der Waals surface area (Å²) in [4.78, 5) is 35.8. The van der Waals surface area contributed by atoms with E-state index in [4.69, 9.17) is 4.74 Å². The number of hydrogen-bond acceptors (Lipinski definition) is 6. The summed E-state index contributed by atoms with van der Waals surface area (Å²) in [5.74, 6) is -0.367. The van der Waals surface area contributed by atoms with Crippen LogP contribution in [0.3, 0.4) is 0 Å². The lowest BCUT2D eigenvalue weighted by atomic mass is 9.74. The average Bonchev–Trinajstić information content (AvgIpc) is 3.10. The first-order valence-corrected chi connectivity index (χ1v) is 15.6. The number of likely N-dealkylation sites (tertiary alicyclic amines) is 2. The summed E-state index contributed by atoms with van der Waals surface area (Å²) >= 11 is 0. The maximum atomic E-state index is 13.9. The predicted molar refractivity (Wildman–Crippen MR) is 168 cm³/mol. The molecule has 2 aliphatic rings. The Morgan fingerprint density at radius 3 is 2.15 bits per heavy atom. The lowest BCUT2D eigenvalue weighted by Gasteiger charge is -2.37. The maximum Gasteiger partial charge on any atom is 0.573 e. The Labute approximate surface area is 270 Å². The van der Waals surface area contributed by atoms with E-state index in [0.29, 0.717) is 66.8 Å². The molecule has 6 rings (SSSR count). The van der Waals surface area contributed by atoms with Crippen molar-refractivity contribution in [2.75, 3.05) is 26.2 Å². The highest BCUT2D eigenvalue weighted by molar-refractivity contribution is 6.09. The number of carbonyl (C=O) groups is 2. The average molecular weight is 643 g/mol. The fourth-order valence-corrected chi connectivity index (χ4v) is 6.28. The summed E-state index contributed by atoms with van der Waals surface area (Å²) in [5, 5.41) is 10.6. The van der Waals surface area contributed by atoms with Crippen LogP contribution >= 0.6 is 0 Å². The second kappa shape index (κ2) is 13.3. The first-order valence-electron chi connectivity index (χ1n) is 15.6. The minimum atomic E-state index is -4.77. The molecular weight excluding hydrogens is 609 g/mol. The minimum Gasteiger partial charge on any atom is -0.489 e. The second-order valence-electron chi connectivity index (χ2n) is 11.9. The van der Waals surface area contributed by atoms with Crippen LogP contribution in [-0.2, 0) is 12.0 Å². The van der Waals surface area contributed by atoms with Crippen molar-refractivity contribution in [1.82, 2.24) is 14.8 Å². The molecule has 0 spiro atoms. The van der Waals surface area contributed by atoms with Crippen molar-refractivity contribution in [2.45, 2.75) is 50.5 Å². The number of hydrogen-bond donors (Lipinski definition) is 0. The zero-order valence-corrected chi connectivity index (χ0v) is 25.6. The van der Waals surface area contributed by atoms with Gasteiger partial charge in [-0.25, -0.2) is 4.98 Å². The monoisotopic (exact) mass is 642 g/mol. The number of nitriles is 1. The Balaban J connectivity index is 1.24. The Hall–Kier alpha value is -5.11. The molecule has 4 aromatic rings. The van der Waals surface area contributed by atoms with Crippen molar-refractivity contribution >= 4 is 22.7 Å². The SMILES string of the molecule is N#CC1(c2ccccc2)CCN(C(=O)c2cc(C(=O)N3CCCCC3)c3cc(OCc4ccc(OC(F)(F)F)cc4)ccc3n2)CC1. The van der Waals surface area contributed by atoms with Crippen LogP contribution in [-0.4, -0.2) is 59.1 Å².